The fourth-order valence-corrected chi connectivity index (χ4v) is 5.96. The van der Waals surface area contributed by atoms with Crippen molar-refractivity contribution in [2.45, 2.75) is 56.5 Å². The molecule has 214 valence electrons. The highest BCUT2D eigenvalue weighted by Gasteiger charge is 2.37. The number of aryl methyl sites for hydroxylation is 1. The molecule has 13 heteroatoms. The molecule has 0 radical (unpaired) electrons. The number of hydrogen-bond donors (Lipinski definition) is 3. The maximum atomic E-state index is 13.5. The van der Waals surface area contributed by atoms with Gasteiger partial charge in [-0.3, -0.25) is 4.79 Å². The second-order valence-electron chi connectivity index (χ2n) is 10.1. The van der Waals surface area contributed by atoms with Crippen molar-refractivity contribution in [2.75, 3.05) is 6.54 Å². The predicted octanol–water partition coefficient (Wildman–Crippen LogP) is 5.28. The van der Waals surface area contributed by atoms with Gasteiger partial charge in [-0.05, 0) is 55.5 Å². The number of rotatable bonds is 8. The predicted molar refractivity (Wildman–Crippen MR) is 140 cm³/mol. The fourth-order valence-electron chi connectivity index (χ4n) is 4.98. The number of hydrogen-bond acceptors (Lipinski definition) is 5. The van der Waals surface area contributed by atoms with E-state index in [2.05, 4.69) is 10.4 Å². The minimum Gasteiger partial charge on any atom is -0.465 e. The standard InChI is InChI=1S/C27H29F3N4O5S/c1-18-5-7-19(8-6-18)22-15-23(27(28,29)30)32-34(22)20-9-11-21(12-10-20)40(38,39)33-24(35)16-26(17-31-25(36)37)13-3-2-4-14-26/h5-12,15,31H,2-4,13-14,16-17H2,1H3,(H,33,35)(H,36,37). The monoisotopic (exact) mass is 578 g/mol. The minimum atomic E-state index is -4.69. The molecular formula is C27H29F3N4O5S. The molecule has 3 N–H and O–H groups in total. The Morgan fingerprint density at radius 1 is 1.02 bits per heavy atom. The van der Waals surface area contributed by atoms with Crippen molar-refractivity contribution in [3.05, 3.63) is 65.9 Å². The zero-order chi connectivity index (χ0) is 29.1. The summed E-state index contributed by atoms with van der Waals surface area (Å²) in [4.78, 5) is 23.5. The Labute approximate surface area is 229 Å². The maximum absolute atomic E-state index is 13.5. The first-order valence-electron chi connectivity index (χ1n) is 12.7. The van der Waals surface area contributed by atoms with Crippen LogP contribution in [0.25, 0.3) is 16.9 Å². The topological polar surface area (TPSA) is 130 Å². The summed E-state index contributed by atoms with van der Waals surface area (Å²) >= 11 is 0. The summed E-state index contributed by atoms with van der Waals surface area (Å²) < 4.78 is 69.4. The summed E-state index contributed by atoms with van der Waals surface area (Å²) in [7, 11) is -4.30. The van der Waals surface area contributed by atoms with Gasteiger partial charge in [-0.1, -0.05) is 49.1 Å². The Morgan fingerprint density at radius 2 is 1.65 bits per heavy atom. The van der Waals surface area contributed by atoms with E-state index in [0.29, 0.717) is 18.4 Å². The first-order chi connectivity index (χ1) is 18.8. The minimum absolute atomic E-state index is 0.0393. The van der Waals surface area contributed by atoms with Crippen LogP contribution in [0, 0.1) is 12.3 Å². The number of aromatic nitrogens is 2. The molecule has 3 aromatic rings. The largest absolute Gasteiger partial charge is 0.465 e. The highest BCUT2D eigenvalue weighted by molar-refractivity contribution is 7.90. The van der Waals surface area contributed by atoms with E-state index in [1.807, 2.05) is 11.6 Å². The molecule has 1 aliphatic carbocycles. The van der Waals surface area contributed by atoms with Crippen LogP contribution >= 0.6 is 0 Å². The van der Waals surface area contributed by atoms with Gasteiger partial charge in [0.2, 0.25) is 5.91 Å². The van der Waals surface area contributed by atoms with Crippen molar-refractivity contribution < 1.29 is 36.3 Å². The van der Waals surface area contributed by atoms with E-state index in [1.54, 1.807) is 24.3 Å². The molecule has 0 aliphatic heterocycles. The summed E-state index contributed by atoms with van der Waals surface area (Å²) in [5.41, 5.74) is 0.00637. The number of benzene rings is 2. The summed E-state index contributed by atoms with van der Waals surface area (Å²) in [6.45, 7) is 1.89. The lowest BCUT2D eigenvalue weighted by molar-refractivity contribution is -0.141. The van der Waals surface area contributed by atoms with Crippen LogP contribution in [0.15, 0.2) is 59.5 Å². The SMILES string of the molecule is Cc1ccc(-c2cc(C(F)(F)F)nn2-c2ccc(S(=O)(=O)NC(=O)CC3(CNC(=O)O)CCCCC3)cc2)cc1. The Bertz CT molecular complexity index is 1480. The summed E-state index contributed by atoms with van der Waals surface area (Å²) in [6.07, 6.45) is -2.35. The lowest BCUT2D eigenvalue weighted by Gasteiger charge is -2.36. The Morgan fingerprint density at radius 3 is 2.23 bits per heavy atom. The number of carboxylic acid groups (broad SMARTS) is 1. The maximum Gasteiger partial charge on any atom is 0.435 e. The van der Waals surface area contributed by atoms with Gasteiger partial charge >= 0.3 is 12.3 Å². The van der Waals surface area contributed by atoms with E-state index in [0.717, 1.165) is 35.6 Å². The first kappa shape index (κ1) is 29.1. The molecule has 1 heterocycles. The van der Waals surface area contributed by atoms with Crippen LogP contribution in [0.5, 0.6) is 0 Å². The van der Waals surface area contributed by atoms with Crippen molar-refractivity contribution in [3.8, 4) is 16.9 Å². The van der Waals surface area contributed by atoms with E-state index in [4.69, 9.17) is 5.11 Å². The Balaban J connectivity index is 1.56. The van der Waals surface area contributed by atoms with E-state index < -0.39 is 39.3 Å². The van der Waals surface area contributed by atoms with Gasteiger partial charge in [0, 0.05) is 18.5 Å². The van der Waals surface area contributed by atoms with Gasteiger partial charge in [0.1, 0.15) is 0 Å². The van der Waals surface area contributed by atoms with Gasteiger partial charge in [0.05, 0.1) is 16.3 Å². The number of sulfonamides is 1. The van der Waals surface area contributed by atoms with Crippen molar-refractivity contribution in [1.29, 1.82) is 0 Å². The number of nitrogens with one attached hydrogen (secondary N) is 2. The molecule has 0 atom stereocenters. The molecule has 2 aromatic carbocycles. The van der Waals surface area contributed by atoms with Gasteiger partial charge in [0.15, 0.2) is 5.69 Å². The molecule has 0 spiro atoms. The molecule has 0 saturated heterocycles. The second kappa shape index (κ2) is 11.3. The third-order valence-electron chi connectivity index (χ3n) is 7.05. The van der Waals surface area contributed by atoms with E-state index >= 15 is 0 Å². The van der Waals surface area contributed by atoms with Crippen molar-refractivity contribution in [1.82, 2.24) is 19.8 Å². The van der Waals surface area contributed by atoms with Gasteiger partial charge < -0.3 is 10.4 Å². The van der Waals surface area contributed by atoms with Gasteiger partial charge in [-0.15, -0.1) is 0 Å². The summed E-state index contributed by atoms with van der Waals surface area (Å²) in [6, 6.07) is 12.8. The zero-order valence-electron chi connectivity index (χ0n) is 21.7. The van der Waals surface area contributed by atoms with Crippen molar-refractivity contribution >= 4 is 22.0 Å². The van der Waals surface area contributed by atoms with Gasteiger partial charge in [-0.25, -0.2) is 22.6 Å². The van der Waals surface area contributed by atoms with Gasteiger partial charge in [0.25, 0.3) is 10.0 Å². The molecule has 1 aromatic heterocycles. The lowest BCUT2D eigenvalue weighted by Crippen LogP contribution is -2.43. The summed E-state index contributed by atoms with van der Waals surface area (Å²) in [5, 5.41) is 15.0. The summed E-state index contributed by atoms with van der Waals surface area (Å²) in [5.74, 6) is -0.762. The zero-order valence-corrected chi connectivity index (χ0v) is 22.5. The number of amides is 2. The Hall–Kier alpha value is -3.87. The second-order valence-corrected chi connectivity index (χ2v) is 11.8. The average Bonchev–Trinajstić information content (AvgIpc) is 3.35. The Kier molecular flexibility index (Phi) is 8.24. The van der Waals surface area contributed by atoms with Crippen LogP contribution in [0.4, 0.5) is 18.0 Å². The quantitative estimate of drug-likeness (QED) is 0.334. The van der Waals surface area contributed by atoms with Crippen LogP contribution in [-0.4, -0.2) is 41.8 Å². The number of carbonyl (C=O) groups is 2. The third-order valence-corrected chi connectivity index (χ3v) is 8.44. The smallest absolute Gasteiger partial charge is 0.435 e. The molecule has 0 unspecified atom stereocenters. The van der Waals surface area contributed by atoms with Crippen LogP contribution in [0.3, 0.4) is 0 Å². The van der Waals surface area contributed by atoms with Gasteiger partial charge in [-0.2, -0.15) is 18.3 Å². The third kappa shape index (κ3) is 6.82. The molecular weight excluding hydrogens is 549 g/mol. The van der Waals surface area contributed by atoms with E-state index in [9.17, 15) is 31.2 Å². The highest BCUT2D eigenvalue weighted by atomic mass is 32.2. The van der Waals surface area contributed by atoms with Crippen LogP contribution in [-0.2, 0) is 21.0 Å². The number of nitrogens with zero attached hydrogens (tertiary/aromatic N) is 2. The molecule has 1 fully saturated rings. The first-order valence-corrected chi connectivity index (χ1v) is 14.1. The molecule has 4 rings (SSSR count). The number of halogens is 3. The van der Waals surface area contributed by atoms with Crippen LogP contribution in [0.2, 0.25) is 0 Å². The van der Waals surface area contributed by atoms with Crippen molar-refractivity contribution in [2.24, 2.45) is 5.41 Å². The molecule has 1 saturated carbocycles. The number of carbonyl (C=O) groups excluding carboxylic acids is 1. The average molecular weight is 579 g/mol. The fraction of sp³-hybridized carbons (Fsp3) is 0.370. The molecule has 9 nitrogen and oxygen atoms in total. The van der Waals surface area contributed by atoms with E-state index in [1.165, 1.54) is 24.3 Å². The number of alkyl halides is 3. The molecule has 40 heavy (non-hydrogen) atoms. The highest BCUT2D eigenvalue weighted by Crippen LogP contribution is 2.39. The van der Waals surface area contributed by atoms with E-state index in [-0.39, 0.29) is 29.2 Å². The molecule has 1 aliphatic rings. The lowest BCUT2D eigenvalue weighted by atomic mass is 9.71. The van der Waals surface area contributed by atoms with Crippen LogP contribution < -0.4 is 10.0 Å². The van der Waals surface area contributed by atoms with Crippen molar-refractivity contribution in [3.63, 3.8) is 0 Å². The van der Waals surface area contributed by atoms with Crippen LogP contribution in [0.1, 0.15) is 49.8 Å². The normalized spacial score (nSPS) is 15.4. The molecule has 2 amide bonds. The molecule has 0 bridgehead atoms.